The fourth-order valence-corrected chi connectivity index (χ4v) is 3.15. The number of hydrogen-bond acceptors (Lipinski definition) is 5. The first-order valence-corrected chi connectivity index (χ1v) is 8.12. The first-order valence-electron chi connectivity index (χ1n) is 8.12. The third-order valence-electron chi connectivity index (χ3n) is 4.48. The Kier molecular flexibility index (Phi) is 3.84. The van der Waals surface area contributed by atoms with Crippen LogP contribution < -0.4 is 14.4 Å². The van der Waals surface area contributed by atoms with Gasteiger partial charge in [0.05, 0.1) is 32.6 Å². The first kappa shape index (κ1) is 16.1. The maximum Gasteiger partial charge on any atom is 0.259 e. The van der Waals surface area contributed by atoms with Gasteiger partial charge in [0, 0.05) is 30.6 Å². The van der Waals surface area contributed by atoms with Crippen LogP contribution in [0.2, 0.25) is 0 Å². The molecule has 1 aromatic carbocycles. The molecule has 3 heterocycles. The van der Waals surface area contributed by atoms with Crippen molar-refractivity contribution in [3.05, 3.63) is 54.0 Å². The van der Waals surface area contributed by atoms with Gasteiger partial charge in [-0.15, -0.1) is 0 Å². The van der Waals surface area contributed by atoms with E-state index in [0.717, 1.165) is 22.4 Å². The molecule has 26 heavy (non-hydrogen) atoms. The molecule has 7 nitrogen and oxygen atoms in total. The minimum Gasteiger partial charge on any atom is -0.491 e. The van der Waals surface area contributed by atoms with E-state index in [-0.39, 0.29) is 5.91 Å². The number of hydrogen-bond donors (Lipinski definition) is 0. The molecule has 1 aliphatic heterocycles. The summed E-state index contributed by atoms with van der Waals surface area (Å²) in [4.78, 5) is 18.7. The number of aryl methyl sites for hydroxylation is 1. The summed E-state index contributed by atoms with van der Waals surface area (Å²) in [6, 6.07) is 7.68. The number of ether oxygens (including phenoxy) is 2. The fourth-order valence-electron chi connectivity index (χ4n) is 3.15. The van der Waals surface area contributed by atoms with Crippen molar-refractivity contribution in [1.29, 1.82) is 0 Å². The van der Waals surface area contributed by atoms with Crippen molar-refractivity contribution in [2.24, 2.45) is 7.05 Å². The highest BCUT2D eigenvalue weighted by Crippen LogP contribution is 2.34. The lowest BCUT2D eigenvalue weighted by molar-refractivity contribution is 0.0996. The number of rotatable bonds is 4. The number of pyridine rings is 1. The zero-order valence-corrected chi connectivity index (χ0v) is 14.8. The van der Waals surface area contributed by atoms with Crippen LogP contribution in [0.15, 0.2) is 42.9 Å². The average Bonchev–Trinajstić information content (AvgIpc) is 3.24. The second-order valence-electron chi connectivity index (χ2n) is 6.07. The van der Waals surface area contributed by atoms with Crippen LogP contribution >= 0.6 is 0 Å². The quantitative estimate of drug-likeness (QED) is 0.723. The van der Waals surface area contributed by atoms with Gasteiger partial charge >= 0.3 is 0 Å². The predicted molar refractivity (Wildman–Crippen MR) is 96.5 cm³/mol. The van der Waals surface area contributed by atoms with Gasteiger partial charge in [-0.25, -0.2) is 4.98 Å². The molecule has 1 amide bonds. The zero-order chi connectivity index (χ0) is 18.3. The molecule has 0 aliphatic carbocycles. The Morgan fingerprint density at radius 2 is 1.92 bits per heavy atom. The van der Waals surface area contributed by atoms with Crippen molar-refractivity contribution in [3.8, 4) is 22.8 Å². The standard InChI is InChI=1S/C19H18N4O3/c1-22-11-15(9-21-22)23-10-14-6-12(4-5-16(14)19(23)24)13-7-17(25-2)18(26-3)20-8-13/h4-9,11H,10H2,1-3H3. The number of amides is 1. The molecule has 0 bridgehead atoms. The Labute approximate surface area is 150 Å². The van der Waals surface area contributed by atoms with Gasteiger partial charge in [-0.1, -0.05) is 6.07 Å². The third-order valence-corrected chi connectivity index (χ3v) is 4.48. The molecule has 0 atom stereocenters. The van der Waals surface area contributed by atoms with Crippen molar-refractivity contribution in [2.75, 3.05) is 19.1 Å². The summed E-state index contributed by atoms with van der Waals surface area (Å²) in [6.07, 6.45) is 5.27. The summed E-state index contributed by atoms with van der Waals surface area (Å²) in [6.45, 7) is 0.522. The minimum absolute atomic E-state index is 0.00927. The third kappa shape index (κ3) is 2.57. The van der Waals surface area contributed by atoms with E-state index < -0.39 is 0 Å². The van der Waals surface area contributed by atoms with Crippen molar-refractivity contribution in [1.82, 2.24) is 14.8 Å². The van der Waals surface area contributed by atoms with Gasteiger partial charge in [0.15, 0.2) is 5.75 Å². The molecule has 0 saturated heterocycles. The number of benzene rings is 1. The molecule has 1 aliphatic rings. The number of methoxy groups -OCH3 is 2. The van der Waals surface area contributed by atoms with Gasteiger partial charge in [0.1, 0.15) is 0 Å². The largest absolute Gasteiger partial charge is 0.491 e. The van der Waals surface area contributed by atoms with Crippen LogP contribution in [0.3, 0.4) is 0 Å². The van der Waals surface area contributed by atoms with Crippen LogP contribution in [-0.4, -0.2) is 34.9 Å². The summed E-state index contributed by atoms with van der Waals surface area (Å²) < 4.78 is 12.2. The summed E-state index contributed by atoms with van der Waals surface area (Å²) in [5, 5.41) is 4.15. The number of aromatic nitrogens is 3. The van der Waals surface area contributed by atoms with E-state index >= 15 is 0 Å². The summed E-state index contributed by atoms with van der Waals surface area (Å²) in [5.41, 5.74) is 4.36. The monoisotopic (exact) mass is 350 g/mol. The normalized spacial score (nSPS) is 13.0. The lowest BCUT2D eigenvalue weighted by Crippen LogP contribution is -2.22. The van der Waals surface area contributed by atoms with Crippen molar-refractivity contribution in [2.45, 2.75) is 6.54 Å². The molecule has 0 spiro atoms. The summed E-state index contributed by atoms with van der Waals surface area (Å²) in [5.74, 6) is 0.999. The Hall–Kier alpha value is -3.35. The van der Waals surface area contributed by atoms with Crippen LogP contribution in [-0.2, 0) is 13.6 Å². The van der Waals surface area contributed by atoms with E-state index in [9.17, 15) is 4.79 Å². The number of carbonyl (C=O) groups excluding carboxylic acids is 1. The van der Waals surface area contributed by atoms with Gasteiger partial charge in [0.25, 0.3) is 11.8 Å². The Morgan fingerprint density at radius 1 is 1.08 bits per heavy atom. The number of anilines is 1. The Bertz CT molecular complexity index is 996. The second-order valence-corrected chi connectivity index (χ2v) is 6.07. The number of carbonyl (C=O) groups is 1. The van der Waals surface area contributed by atoms with Crippen LogP contribution in [0.1, 0.15) is 15.9 Å². The van der Waals surface area contributed by atoms with E-state index in [1.165, 1.54) is 0 Å². The SMILES string of the molecule is COc1cc(-c2ccc3c(c2)CN(c2cnn(C)c2)C3=O)cnc1OC. The molecule has 4 rings (SSSR count). The van der Waals surface area contributed by atoms with Crippen molar-refractivity contribution >= 4 is 11.6 Å². The summed E-state index contributed by atoms with van der Waals surface area (Å²) >= 11 is 0. The van der Waals surface area contributed by atoms with E-state index in [1.54, 1.807) is 36.2 Å². The van der Waals surface area contributed by atoms with Gasteiger partial charge in [0.2, 0.25) is 0 Å². The highest BCUT2D eigenvalue weighted by Gasteiger charge is 2.29. The topological polar surface area (TPSA) is 69.5 Å². The van der Waals surface area contributed by atoms with E-state index in [0.29, 0.717) is 23.7 Å². The number of nitrogens with zero attached hydrogens (tertiary/aromatic N) is 4. The lowest BCUT2D eigenvalue weighted by atomic mass is 10.0. The van der Waals surface area contributed by atoms with Crippen molar-refractivity contribution in [3.63, 3.8) is 0 Å². The molecule has 0 saturated carbocycles. The van der Waals surface area contributed by atoms with Crippen LogP contribution in [0.25, 0.3) is 11.1 Å². The molecule has 0 fully saturated rings. The van der Waals surface area contributed by atoms with Gasteiger partial charge in [-0.3, -0.25) is 9.48 Å². The van der Waals surface area contributed by atoms with Crippen molar-refractivity contribution < 1.29 is 14.3 Å². The molecule has 7 heteroatoms. The second kappa shape index (κ2) is 6.18. The highest BCUT2D eigenvalue weighted by molar-refractivity contribution is 6.10. The van der Waals surface area contributed by atoms with E-state index in [2.05, 4.69) is 10.1 Å². The molecular formula is C19H18N4O3. The summed E-state index contributed by atoms with van der Waals surface area (Å²) in [7, 11) is 4.97. The predicted octanol–water partition coefficient (Wildman–Crippen LogP) is 2.66. The Balaban J connectivity index is 1.69. The first-order chi connectivity index (χ1) is 12.6. The van der Waals surface area contributed by atoms with Crippen LogP contribution in [0.5, 0.6) is 11.6 Å². The Morgan fingerprint density at radius 3 is 2.62 bits per heavy atom. The van der Waals surface area contributed by atoms with Gasteiger partial charge in [-0.05, 0) is 29.3 Å². The smallest absolute Gasteiger partial charge is 0.259 e. The van der Waals surface area contributed by atoms with Gasteiger partial charge in [-0.2, -0.15) is 5.10 Å². The molecule has 132 valence electrons. The maximum absolute atomic E-state index is 12.7. The highest BCUT2D eigenvalue weighted by atomic mass is 16.5. The average molecular weight is 350 g/mol. The van der Waals surface area contributed by atoms with Crippen LogP contribution in [0.4, 0.5) is 5.69 Å². The lowest BCUT2D eigenvalue weighted by Gasteiger charge is -2.12. The molecule has 0 radical (unpaired) electrons. The van der Waals surface area contributed by atoms with E-state index in [1.807, 2.05) is 37.5 Å². The van der Waals surface area contributed by atoms with E-state index in [4.69, 9.17) is 9.47 Å². The fraction of sp³-hybridized carbons (Fsp3) is 0.211. The number of fused-ring (bicyclic) bond motifs is 1. The minimum atomic E-state index is -0.00927. The molecular weight excluding hydrogens is 332 g/mol. The zero-order valence-electron chi connectivity index (χ0n) is 14.8. The maximum atomic E-state index is 12.7. The molecule has 2 aromatic heterocycles. The molecule has 0 unspecified atom stereocenters. The molecule has 0 N–H and O–H groups in total. The van der Waals surface area contributed by atoms with Crippen LogP contribution in [0, 0.1) is 0 Å². The van der Waals surface area contributed by atoms with Gasteiger partial charge < -0.3 is 14.4 Å². The molecule has 3 aromatic rings.